The molecule has 0 atom stereocenters. The lowest BCUT2D eigenvalue weighted by atomic mass is 10.3. The molecule has 0 fully saturated rings. The summed E-state index contributed by atoms with van der Waals surface area (Å²) in [6.07, 6.45) is 2.16. The zero-order valence-electron chi connectivity index (χ0n) is 10.7. The van der Waals surface area contributed by atoms with Gasteiger partial charge in [-0.2, -0.15) is 10.4 Å². The average molecular weight is 271 g/mol. The molecular formula is C14H13N3O3. The normalized spacial score (nSPS) is 9.95. The van der Waals surface area contributed by atoms with Gasteiger partial charge in [-0.15, -0.1) is 0 Å². The predicted molar refractivity (Wildman–Crippen MR) is 70.9 cm³/mol. The van der Waals surface area contributed by atoms with E-state index in [1.54, 1.807) is 12.1 Å². The van der Waals surface area contributed by atoms with E-state index in [1.807, 2.05) is 24.3 Å². The molecule has 0 aliphatic carbocycles. The molecule has 1 aromatic carbocycles. The molecule has 0 saturated heterocycles. The van der Waals surface area contributed by atoms with E-state index in [9.17, 15) is 4.79 Å². The maximum absolute atomic E-state index is 11.2. The van der Waals surface area contributed by atoms with Gasteiger partial charge in [0.25, 0.3) is 0 Å². The Bertz CT molecular complexity index is 629. The van der Waals surface area contributed by atoms with Crippen molar-refractivity contribution in [3.8, 4) is 17.6 Å². The first-order chi connectivity index (χ1) is 9.74. The highest BCUT2D eigenvalue weighted by molar-refractivity contribution is 5.90. The molecule has 1 aromatic heterocycles. The topological polar surface area (TPSA) is 88.1 Å². The van der Waals surface area contributed by atoms with E-state index in [-0.39, 0.29) is 18.1 Å². The van der Waals surface area contributed by atoms with Crippen LogP contribution in [0.25, 0.3) is 5.69 Å². The van der Waals surface area contributed by atoms with Crippen LogP contribution in [0, 0.1) is 11.3 Å². The van der Waals surface area contributed by atoms with Crippen LogP contribution < -0.4 is 4.74 Å². The largest absolute Gasteiger partial charge is 0.477 e. The van der Waals surface area contributed by atoms with E-state index < -0.39 is 5.97 Å². The molecule has 1 N–H and O–H groups in total. The van der Waals surface area contributed by atoms with Gasteiger partial charge < -0.3 is 9.84 Å². The van der Waals surface area contributed by atoms with Crippen molar-refractivity contribution in [2.24, 2.45) is 0 Å². The summed E-state index contributed by atoms with van der Waals surface area (Å²) in [6.45, 7) is 0.270. The number of carboxylic acids is 1. The minimum absolute atomic E-state index is 0.00538. The third-order valence-electron chi connectivity index (χ3n) is 2.63. The molecule has 2 aromatic rings. The summed E-state index contributed by atoms with van der Waals surface area (Å²) in [6, 6.07) is 11.1. The summed E-state index contributed by atoms with van der Waals surface area (Å²) in [5.41, 5.74) is 0.723. The number of hydrogen-bond donors (Lipinski definition) is 1. The third kappa shape index (κ3) is 2.95. The van der Waals surface area contributed by atoms with Crippen molar-refractivity contribution in [2.75, 3.05) is 6.61 Å². The van der Waals surface area contributed by atoms with Crippen LogP contribution in [0.2, 0.25) is 0 Å². The fourth-order valence-electron chi connectivity index (χ4n) is 1.70. The van der Waals surface area contributed by atoms with E-state index in [0.29, 0.717) is 12.8 Å². The number of carbonyl (C=O) groups is 1. The van der Waals surface area contributed by atoms with Crippen molar-refractivity contribution in [1.29, 1.82) is 5.26 Å². The molecule has 0 spiro atoms. The lowest BCUT2D eigenvalue weighted by Gasteiger charge is -2.09. The van der Waals surface area contributed by atoms with Gasteiger partial charge in [0.1, 0.15) is 5.56 Å². The molecule has 0 amide bonds. The van der Waals surface area contributed by atoms with Gasteiger partial charge in [0.2, 0.25) is 5.88 Å². The monoisotopic (exact) mass is 271 g/mol. The number of nitrogens with zero attached hydrogens (tertiary/aromatic N) is 3. The quantitative estimate of drug-likeness (QED) is 0.814. The molecule has 20 heavy (non-hydrogen) atoms. The van der Waals surface area contributed by atoms with Gasteiger partial charge in [-0.05, 0) is 18.6 Å². The van der Waals surface area contributed by atoms with E-state index in [2.05, 4.69) is 5.10 Å². The molecule has 6 heteroatoms. The lowest BCUT2D eigenvalue weighted by Crippen LogP contribution is -2.07. The Balaban J connectivity index is 2.28. The number of ether oxygens (including phenoxy) is 1. The van der Waals surface area contributed by atoms with Crippen LogP contribution in [-0.2, 0) is 0 Å². The zero-order valence-corrected chi connectivity index (χ0v) is 10.7. The fraction of sp³-hybridized carbons (Fsp3) is 0.214. The molecule has 2 rings (SSSR count). The van der Waals surface area contributed by atoms with Gasteiger partial charge in [-0.25, -0.2) is 9.48 Å². The number of carboxylic acid groups (broad SMARTS) is 1. The second-order valence-electron chi connectivity index (χ2n) is 4.03. The number of aromatic carboxylic acids is 1. The number of rotatable bonds is 6. The Morgan fingerprint density at radius 1 is 1.40 bits per heavy atom. The maximum Gasteiger partial charge on any atom is 0.342 e. The number of hydrogen-bond acceptors (Lipinski definition) is 4. The fourth-order valence-corrected chi connectivity index (χ4v) is 1.70. The minimum atomic E-state index is -1.09. The summed E-state index contributed by atoms with van der Waals surface area (Å²) < 4.78 is 6.93. The molecule has 6 nitrogen and oxygen atoms in total. The SMILES string of the molecule is N#CCCCOc1c(C(=O)O)cnn1-c1ccccc1. The van der Waals surface area contributed by atoms with Crippen molar-refractivity contribution in [1.82, 2.24) is 9.78 Å². The van der Waals surface area contributed by atoms with Crippen LogP contribution in [0.4, 0.5) is 0 Å². The highest BCUT2D eigenvalue weighted by Gasteiger charge is 2.19. The smallest absolute Gasteiger partial charge is 0.342 e. The van der Waals surface area contributed by atoms with Gasteiger partial charge in [-0.3, -0.25) is 0 Å². The second-order valence-corrected chi connectivity index (χ2v) is 4.03. The van der Waals surface area contributed by atoms with E-state index in [1.165, 1.54) is 10.9 Å². The first kappa shape index (κ1) is 13.6. The Morgan fingerprint density at radius 2 is 2.15 bits per heavy atom. The predicted octanol–water partition coefficient (Wildman–Crippen LogP) is 2.25. The number of para-hydroxylation sites is 1. The van der Waals surface area contributed by atoms with Crippen LogP contribution in [0.5, 0.6) is 5.88 Å². The Labute approximate surface area is 115 Å². The highest BCUT2D eigenvalue weighted by atomic mass is 16.5. The summed E-state index contributed by atoms with van der Waals surface area (Å²) in [7, 11) is 0. The van der Waals surface area contributed by atoms with Crippen LogP contribution in [0.15, 0.2) is 36.5 Å². The van der Waals surface area contributed by atoms with Gasteiger partial charge >= 0.3 is 5.97 Å². The van der Waals surface area contributed by atoms with Gasteiger partial charge in [0.15, 0.2) is 0 Å². The van der Waals surface area contributed by atoms with Crippen molar-refractivity contribution >= 4 is 5.97 Å². The van der Waals surface area contributed by atoms with E-state index >= 15 is 0 Å². The Hall–Kier alpha value is -2.81. The third-order valence-corrected chi connectivity index (χ3v) is 2.63. The van der Waals surface area contributed by atoms with Crippen LogP contribution in [0.3, 0.4) is 0 Å². The molecule has 1 heterocycles. The Morgan fingerprint density at radius 3 is 2.80 bits per heavy atom. The van der Waals surface area contributed by atoms with E-state index in [0.717, 1.165) is 5.69 Å². The maximum atomic E-state index is 11.2. The summed E-state index contributed by atoms with van der Waals surface area (Å²) in [5.74, 6) is -0.913. The van der Waals surface area contributed by atoms with Crippen LogP contribution in [-0.4, -0.2) is 27.5 Å². The summed E-state index contributed by atoms with van der Waals surface area (Å²) >= 11 is 0. The van der Waals surface area contributed by atoms with Crippen molar-refractivity contribution in [3.63, 3.8) is 0 Å². The lowest BCUT2D eigenvalue weighted by molar-refractivity contribution is 0.0692. The highest BCUT2D eigenvalue weighted by Crippen LogP contribution is 2.22. The van der Waals surface area contributed by atoms with Crippen molar-refractivity contribution in [2.45, 2.75) is 12.8 Å². The number of unbranched alkanes of at least 4 members (excludes halogenated alkanes) is 1. The molecule has 0 bridgehead atoms. The first-order valence-electron chi connectivity index (χ1n) is 6.10. The van der Waals surface area contributed by atoms with Gasteiger partial charge in [-0.1, -0.05) is 18.2 Å². The number of aromatic nitrogens is 2. The van der Waals surface area contributed by atoms with Gasteiger partial charge in [0.05, 0.1) is 24.6 Å². The summed E-state index contributed by atoms with van der Waals surface area (Å²) in [5, 5.41) is 21.7. The Kier molecular flexibility index (Phi) is 4.35. The summed E-state index contributed by atoms with van der Waals surface area (Å²) in [4.78, 5) is 11.2. The second kappa shape index (κ2) is 6.38. The molecule has 102 valence electrons. The van der Waals surface area contributed by atoms with Crippen molar-refractivity contribution < 1.29 is 14.6 Å². The molecule has 0 saturated carbocycles. The number of nitriles is 1. The van der Waals surface area contributed by atoms with Crippen molar-refractivity contribution in [3.05, 3.63) is 42.1 Å². The van der Waals surface area contributed by atoms with Crippen LogP contribution >= 0.6 is 0 Å². The molecular weight excluding hydrogens is 258 g/mol. The minimum Gasteiger partial charge on any atom is -0.477 e. The molecule has 0 aliphatic rings. The number of benzene rings is 1. The zero-order chi connectivity index (χ0) is 14.4. The average Bonchev–Trinajstić information content (AvgIpc) is 2.88. The first-order valence-corrected chi connectivity index (χ1v) is 6.10. The standard InChI is InChI=1S/C14H13N3O3/c15-8-4-5-9-20-13-12(14(18)19)10-16-17(13)11-6-2-1-3-7-11/h1-3,6-7,10H,4-5,9H2,(H,18,19). The van der Waals surface area contributed by atoms with Gasteiger partial charge in [0, 0.05) is 6.42 Å². The molecule has 0 aliphatic heterocycles. The van der Waals surface area contributed by atoms with E-state index in [4.69, 9.17) is 15.1 Å². The molecule has 0 radical (unpaired) electrons. The van der Waals surface area contributed by atoms with Crippen LogP contribution in [0.1, 0.15) is 23.2 Å². The molecule has 0 unspecified atom stereocenters.